The van der Waals surface area contributed by atoms with E-state index < -0.39 is 34.0 Å². The quantitative estimate of drug-likeness (QED) is 0.576. The van der Waals surface area contributed by atoms with Gasteiger partial charge in [-0.3, -0.25) is 9.59 Å². The number of nitrogens with zero attached hydrogens (tertiary/aromatic N) is 1. The van der Waals surface area contributed by atoms with Gasteiger partial charge >= 0.3 is 5.97 Å². The molecule has 2 aromatic carbocycles. The highest BCUT2D eigenvalue weighted by atomic mass is 35.5. The summed E-state index contributed by atoms with van der Waals surface area (Å²) in [5.74, 6) is -2.62. The third-order valence-electron chi connectivity index (χ3n) is 3.80. The first kappa shape index (κ1) is 19.6. The molecule has 10 heteroatoms. The number of halogens is 1. The van der Waals surface area contributed by atoms with Crippen LogP contribution in [-0.2, 0) is 14.6 Å². The number of benzene rings is 2. The summed E-state index contributed by atoms with van der Waals surface area (Å²) in [6.45, 7) is -0.630. The first-order valence-corrected chi connectivity index (χ1v) is 9.69. The minimum absolute atomic E-state index is 0.0150. The number of amides is 1. The number of carboxylic acids is 1. The molecular weight excluding hydrogens is 408 g/mol. The molecule has 3 rings (SSSR count). The van der Waals surface area contributed by atoms with Crippen molar-refractivity contribution in [1.29, 1.82) is 0 Å². The number of pyridine rings is 1. The molecule has 144 valence electrons. The van der Waals surface area contributed by atoms with Gasteiger partial charge in [0.05, 0.1) is 15.3 Å². The molecule has 3 aromatic rings. The largest absolute Gasteiger partial charge is 0.505 e. The average molecular weight is 421 g/mol. The number of nitrogens with one attached hydrogen (secondary N) is 1. The SMILES string of the molecule is O=C(O)CNC(=O)c1nc2ccc(S(=O)(=O)c3cccc(Cl)c3)cc2cc1O. The van der Waals surface area contributed by atoms with Crippen molar-refractivity contribution < 1.29 is 28.2 Å². The van der Waals surface area contributed by atoms with E-state index in [1.807, 2.05) is 0 Å². The number of rotatable bonds is 5. The summed E-state index contributed by atoms with van der Waals surface area (Å²) in [7, 11) is -3.85. The van der Waals surface area contributed by atoms with Crippen molar-refractivity contribution in [3.05, 3.63) is 59.2 Å². The van der Waals surface area contributed by atoms with Gasteiger partial charge in [-0.2, -0.15) is 0 Å². The maximum absolute atomic E-state index is 12.8. The number of hydrogen-bond acceptors (Lipinski definition) is 6. The van der Waals surface area contributed by atoms with Crippen LogP contribution >= 0.6 is 11.6 Å². The highest BCUT2D eigenvalue weighted by molar-refractivity contribution is 7.91. The Labute approximate surface area is 164 Å². The monoisotopic (exact) mass is 420 g/mol. The summed E-state index contributed by atoms with van der Waals surface area (Å²) < 4.78 is 25.6. The van der Waals surface area contributed by atoms with E-state index in [2.05, 4.69) is 10.3 Å². The van der Waals surface area contributed by atoms with Crippen molar-refractivity contribution in [2.24, 2.45) is 0 Å². The zero-order valence-corrected chi connectivity index (χ0v) is 15.7. The molecule has 0 saturated carbocycles. The molecule has 0 saturated heterocycles. The molecular formula is C18H13ClN2O6S. The van der Waals surface area contributed by atoms with E-state index in [9.17, 15) is 23.1 Å². The van der Waals surface area contributed by atoms with Gasteiger partial charge in [-0.25, -0.2) is 13.4 Å². The third-order valence-corrected chi connectivity index (χ3v) is 5.78. The van der Waals surface area contributed by atoms with Crippen molar-refractivity contribution in [3.8, 4) is 5.75 Å². The fourth-order valence-electron chi connectivity index (χ4n) is 2.49. The predicted octanol–water partition coefficient (Wildman–Crippen LogP) is 2.24. The normalized spacial score (nSPS) is 11.3. The highest BCUT2D eigenvalue weighted by Crippen LogP contribution is 2.28. The Balaban J connectivity index is 2.02. The highest BCUT2D eigenvalue weighted by Gasteiger charge is 2.20. The second-order valence-electron chi connectivity index (χ2n) is 5.75. The lowest BCUT2D eigenvalue weighted by atomic mass is 10.2. The minimum Gasteiger partial charge on any atom is -0.505 e. The summed E-state index contributed by atoms with van der Waals surface area (Å²) in [6, 6.07) is 11.0. The van der Waals surface area contributed by atoms with Crippen LogP contribution in [-0.4, -0.2) is 42.0 Å². The van der Waals surface area contributed by atoms with Crippen LogP contribution in [0.5, 0.6) is 5.75 Å². The molecule has 0 radical (unpaired) electrons. The van der Waals surface area contributed by atoms with Gasteiger partial charge in [0.25, 0.3) is 5.91 Å². The maximum Gasteiger partial charge on any atom is 0.322 e. The van der Waals surface area contributed by atoms with Crippen molar-refractivity contribution >= 4 is 44.2 Å². The molecule has 8 nitrogen and oxygen atoms in total. The summed E-state index contributed by atoms with van der Waals surface area (Å²) in [5, 5.41) is 21.3. The fourth-order valence-corrected chi connectivity index (χ4v) is 4.08. The van der Waals surface area contributed by atoms with E-state index in [4.69, 9.17) is 16.7 Å². The molecule has 0 aliphatic carbocycles. The number of sulfone groups is 1. The summed E-state index contributed by atoms with van der Waals surface area (Å²) in [5.41, 5.74) is -0.109. The Kier molecular flexibility index (Phi) is 5.21. The lowest BCUT2D eigenvalue weighted by Crippen LogP contribution is -2.29. The van der Waals surface area contributed by atoms with Crippen LogP contribution in [0.2, 0.25) is 5.02 Å². The molecule has 0 aliphatic rings. The summed E-state index contributed by atoms with van der Waals surface area (Å²) >= 11 is 5.86. The topological polar surface area (TPSA) is 134 Å². The number of aliphatic carboxylic acids is 1. The molecule has 1 aromatic heterocycles. The number of hydrogen-bond donors (Lipinski definition) is 3. The van der Waals surface area contributed by atoms with Gasteiger partial charge in [0.1, 0.15) is 12.3 Å². The number of aromatic nitrogens is 1. The zero-order chi connectivity index (χ0) is 20.5. The molecule has 1 heterocycles. The molecule has 0 atom stereocenters. The molecule has 1 amide bonds. The lowest BCUT2D eigenvalue weighted by molar-refractivity contribution is -0.135. The van der Waals surface area contributed by atoms with Crippen LogP contribution in [0.3, 0.4) is 0 Å². The molecule has 0 unspecified atom stereocenters. The number of carbonyl (C=O) groups is 2. The van der Waals surface area contributed by atoms with Gasteiger partial charge in [0.2, 0.25) is 9.84 Å². The first-order chi connectivity index (χ1) is 13.2. The number of carbonyl (C=O) groups excluding carboxylic acids is 1. The van der Waals surface area contributed by atoms with Gasteiger partial charge in [-0.05, 0) is 42.5 Å². The van der Waals surface area contributed by atoms with Crippen LogP contribution in [0.15, 0.2) is 58.3 Å². The molecule has 0 spiro atoms. The van der Waals surface area contributed by atoms with Crippen molar-refractivity contribution in [2.75, 3.05) is 6.54 Å². The minimum atomic E-state index is -3.85. The van der Waals surface area contributed by atoms with Gasteiger partial charge in [0.15, 0.2) is 5.69 Å². The Morgan fingerprint density at radius 2 is 1.79 bits per heavy atom. The van der Waals surface area contributed by atoms with Gasteiger partial charge in [-0.1, -0.05) is 17.7 Å². The van der Waals surface area contributed by atoms with Crippen LogP contribution in [0.25, 0.3) is 10.9 Å². The standard InChI is InChI=1S/C18H13ClN2O6S/c19-11-2-1-3-12(8-11)28(26,27)13-4-5-14-10(6-13)7-15(22)17(21-14)18(25)20-9-16(23)24/h1-8,22H,9H2,(H,20,25)(H,23,24). The van der Waals surface area contributed by atoms with Crippen molar-refractivity contribution in [1.82, 2.24) is 10.3 Å². The van der Waals surface area contributed by atoms with E-state index in [1.165, 1.54) is 42.5 Å². The Hall–Kier alpha value is -3.17. The average Bonchev–Trinajstić information content (AvgIpc) is 2.65. The molecule has 0 aliphatic heterocycles. The van der Waals surface area contributed by atoms with Crippen LogP contribution in [0, 0.1) is 0 Å². The summed E-state index contributed by atoms with van der Waals surface area (Å²) in [6.07, 6.45) is 0. The number of fused-ring (bicyclic) bond motifs is 1. The fraction of sp³-hybridized carbons (Fsp3) is 0.0556. The second-order valence-corrected chi connectivity index (χ2v) is 8.13. The zero-order valence-electron chi connectivity index (χ0n) is 14.1. The lowest BCUT2D eigenvalue weighted by Gasteiger charge is -2.09. The second kappa shape index (κ2) is 7.45. The van der Waals surface area contributed by atoms with Crippen LogP contribution < -0.4 is 5.32 Å². The Morgan fingerprint density at radius 1 is 1.07 bits per heavy atom. The van der Waals surface area contributed by atoms with Crippen LogP contribution in [0.4, 0.5) is 0 Å². The van der Waals surface area contributed by atoms with Gasteiger partial charge in [0, 0.05) is 10.4 Å². The Bertz CT molecular complexity index is 1210. The van der Waals surface area contributed by atoms with Crippen molar-refractivity contribution in [2.45, 2.75) is 9.79 Å². The first-order valence-electron chi connectivity index (χ1n) is 7.83. The van der Waals surface area contributed by atoms with E-state index in [1.54, 1.807) is 6.07 Å². The number of carboxylic acid groups (broad SMARTS) is 1. The predicted molar refractivity (Wildman–Crippen MR) is 100 cm³/mol. The van der Waals surface area contributed by atoms with Crippen LogP contribution in [0.1, 0.15) is 10.5 Å². The van der Waals surface area contributed by atoms with E-state index >= 15 is 0 Å². The molecule has 28 heavy (non-hydrogen) atoms. The van der Waals surface area contributed by atoms with Gasteiger partial charge < -0.3 is 15.5 Å². The van der Waals surface area contributed by atoms with Gasteiger partial charge in [-0.15, -0.1) is 0 Å². The Morgan fingerprint density at radius 3 is 2.46 bits per heavy atom. The van der Waals surface area contributed by atoms with E-state index in [0.29, 0.717) is 0 Å². The smallest absolute Gasteiger partial charge is 0.322 e. The van der Waals surface area contributed by atoms with Crippen molar-refractivity contribution in [3.63, 3.8) is 0 Å². The molecule has 0 fully saturated rings. The summed E-state index contributed by atoms with van der Waals surface area (Å²) in [4.78, 5) is 26.5. The van der Waals surface area contributed by atoms with E-state index in [-0.39, 0.29) is 31.4 Å². The third kappa shape index (κ3) is 3.90. The molecule has 0 bridgehead atoms. The maximum atomic E-state index is 12.8. The molecule has 3 N–H and O–H groups in total. The number of aromatic hydroxyl groups is 1. The van der Waals surface area contributed by atoms with E-state index in [0.717, 1.165) is 0 Å².